The number of aldehydes is 1. The lowest BCUT2D eigenvalue weighted by Crippen LogP contribution is -2.36. The Hall–Kier alpha value is -3.12. The molecule has 6 heteroatoms. The van der Waals surface area contributed by atoms with Crippen molar-refractivity contribution in [2.24, 2.45) is 0 Å². The van der Waals surface area contributed by atoms with Crippen molar-refractivity contribution in [2.75, 3.05) is 6.61 Å². The van der Waals surface area contributed by atoms with Gasteiger partial charge in [0.1, 0.15) is 24.2 Å². The standard InChI is InChI=1S/C25H30N2O4/c1-18(2)23-22(24(29)27-26-23)15-19-9-11-21(12-10-19)30-17-25(3,13-14-28)31-16-20-7-5-4-6-8-20/h4-12,14,18H,13,15-17H2,1-3H3,(H2,26,27,29). The SMILES string of the molecule is CC(C)c1[nH][nH]c(=O)c1Cc1ccc(OCC(C)(CC=O)OCc2ccccc2)cc1. The van der Waals surface area contributed by atoms with E-state index < -0.39 is 5.60 Å². The Morgan fingerprint density at radius 3 is 2.35 bits per heavy atom. The van der Waals surface area contributed by atoms with Gasteiger partial charge in [0.2, 0.25) is 0 Å². The van der Waals surface area contributed by atoms with E-state index >= 15 is 0 Å². The predicted molar refractivity (Wildman–Crippen MR) is 121 cm³/mol. The molecule has 3 rings (SSSR count). The van der Waals surface area contributed by atoms with E-state index in [9.17, 15) is 9.59 Å². The number of ether oxygens (including phenoxy) is 2. The van der Waals surface area contributed by atoms with Gasteiger partial charge < -0.3 is 19.4 Å². The van der Waals surface area contributed by atoms with Crippen molar-refractivity contribution in [3.05, 3.63) is 87.3 Å². The summed E-state index contributed by atoms with van der Waals surface area (Å²) >= 11 is 0. The minimum absolute atomic E-state index is 0.0794. The first kappa shape index (κ1) is 22.6. The van der Waals surface area contributed by atoms with Crippen molar-refractivity contribution in [3.63, 3.8) is 0 Å². The van der Waals surface area contributed by atoms with Gasteiger partial charge in [0.15, 0.2) is 0 Å². The molecule has 1 aromatic heterocycles. The maximum absolute atomic E-state index is 12.1. The highest BCUT2D eigenvalue weighted by molar-refractivity contribution is 5.51. The number of carbonyl (C=O) groups excluding carboxylic acids is 1. The summed E-state index contributed by atoms with van der Waals surface area (Å²) in [6.07, 6.45) is 1.65. The third kappa shape index (κ3) is 6.18. The zero-order valence-electron chi connectivity index (χ0n) is 18.3. The van der Waals surface area contributed by atoms with Crippen molar-refractivity contribution in [3.8, 4) is 5.75 Å². The van der Waals surface area contributed by atoms with E-state index in [4.69, 9.17) is 9.47 Å². The Kier molecular flexibility index (Phi) is 7.47. The van der Waals surface area contributed by atoms with E-state index in [1.165, 1.54) is 0 Å². The van der Waals surface area contributed by atoms with Crippen LogP contribution in [0.1, 0.15) is 55.5 Å². The van der Waals surface area contributed by atoms with E-state index in [0.717, 1.165) is 28.7 Å². The molecule has 1 atom stereocenters. The van der Waals surface area contributed by atoms with E-state index in [0.29, 0.717) is 18.8 Å². The van der Waals surface area contributed by atoms with Crippen LogP contribution in [-0.2, 0) is 22.6 Å². The number of benzene rings is 2. The lowest BCUT2D eigenvalue weighted by atomic mass is 10.00. The second-order valence-corrected chi connectivity index (χ2v) is 8.33. The number of hydrogen-bond donors (Lipinski definition) is 2. The zero-order chi connectivity index (χ0) is 22.3. The number of nitrogens with one attached hydrogen (secondary N) is 2. The lowest BCUT2D eigenvalue weighted by molar-refractivity contribution is -0.119. The fraction of sp³-hybridized carbons (Fsp3) is 0.360. The maximum atomic E-state index is 12.1. The van der Waals surface area contributed by atoms with E-state index in [2.05, 4.69) is 24.0 Å². The molecule has 0 amide bonds. The number of rotatable bonds is 11. The Bertz CT molecular complexity index is 1020. The van der Waals surface area contributed by atoms with Gasteiger partial charge in [-0.3, -0.25) is 9.89 Å². The summed E-state index contributed by atoms with van der Waals surface area (Å²) in [4.78, 5) is 23.3. The minimum atomic E-state index is -0.721. The molecule has 0 fully saturated rings. The van der Waals surface area contributed by atoms with Crippen LogP contribution in [0.3, 0.4) is 0 Å². The average Bonchev–Trinajstić information content (AvgIpc) is 3.13. The van der Waals surface area contributed by atoms with Crippen molar-refractivity contribution in [1.82, 2.24) is 10.2 Å². The summed E-state index contributed by atoms with van der Waals surface area (Å²) in [5.74, 6) is 0.930. The van der Waals surface area contributed by atoms with Gasteiger partial charge in [0, 0.05) is 24.1 Å². The van der Waals surface area contributed by atoms with Gasteiger partial charge in [-0.15, -0.1) is 0 Å². The van der Waals surface area contributed by atoms with Crippen molar-refractivity contribution in [2.45, 2.75) is 51.7 Å². The summed E-state index contributed by atoms with van der Waals surface area (Å²) in [5.41, 5.74) is 2.96. The van der Waals surface area contributed by atoms with Gasteiger partial charge >= 0.3 is 0 Å². The van der Waals surface area contributed by atoms with Crippen molar-refractivity contribution < 1.29 is 14.3 Å². The number of hydrogen-bond acceptors (Lipinski definition) is 4. The third-order valence-electron chi connectivity index (χ3n) is 5.28. The van der Waals surface area contributed by atoms with Gasteiger partial charge in [-0.2, -0.15) is 0 Å². The molecule has 0 saturated heterocycles. The highest BCUT2D eigenvalue weighted by Crippen LogP contribution is 2.22. The first-order valence-electron chi connectivity index (χ1n) is 10.5. The molecule has 0 saturated carbocycles. The van der Waals surface area contributed by atoms with Gasteiger partial charge in [0.25, 0.3) is 5.56 Å². The van der Waals surface area contributed by atoms with Gasteiger partial charge in [-0.05, 0) is 36.1 Å². The van der Waals surface area contributed by atoms with Crippen LogP contribution in [0.15, 0.2) is 59.4 Å². The molecule has 0 spiro atoms. The van der Waals surface area contributed by atoms with Crippen LogP contribution in [0.4, 0.5) is 0 Å². The molecular weight excluding hydrogens is 392 g/mol. The summed E-state index contributed by atoms with van der Waals surface area (Å²) in [5, 5.41) is 5.65. The fourth-order valence-corrected chi connectivity index (χ4v) is 3.38. The molecule has 3 aromatic rings. The second-order valence-electron chi connectivity index (χ2n) is 8.33. The fourth-order valence-electron chi connectivity index (χ4n) is 3.38. The normalized spacial score (nSPS) is 13.2. The highest BCUT2D eigenvalue weighted by Gasteiger charge is 2.26. The van der Waals surface area contributed by atoms with Crippen molar-refractivity contribution >= 4 is 6.29 Å². The smallest absolute Gasteiger partial charge is 0.267 e. The van der Waals surface area contributed by atoms with Crippen LogP contribution >= 0.6 is 0 Å². The second kappa shape index (κ2) is 10.3. The zero-order valence-corrected chi connectivity index (χ0v) is 18.3. The largest absolute Gasteiger partial charge is 0.491 e. The van der Waals surface area contributed by atoms with E-state index in [1.54, 1.807) is 0 Å². The van der Waals surface area contributed by atoms with Crippen LogP contribution in [-0.4, -0.2) is 28.7 Å². The molecule has 2 aromatic carbocycles. The van der Waals surface area contributed by atoms with Gasteiger partial charge in [-0.1, -0.05) is 56.3 Å². The molecule has 31 heavy (non-hydrogen) atoms. The number of aromatic amines is 2. The lowest BCUT2D eigenvalue weighted by Gasteiger charge is -2.28. The average molecular weight is 423 g/mol. The molecule has 0 aliphatic rings. The Labute approximate surface area is 182 Å². The Balaban J connectivity index is 1.61. The summed E-state index contributed by atoms with van der Waals surface area (Å²) in [6, 6.07) is 17.5. The predicted octanol–water partition coefficient (Wildman–Crippen LogP) is 4.36. The highest BCUT2D eigenvalue weighted by atomic mass is 16.5. The summed E-state index contributed by atoms with van der Waals surface area (Å²) in [6.45, 7) is 6.65. The van der Waals surface area contributed by atoms with Crippen LogP contribution in [0.5, 0.6) is 5.75 Å². The Morgan fingerprint density at radius 1 is 1.00 bits per heavy atom. The topological polar surface area (TPSA) is 84.2 Å². The Morgan fingerprint density at radius 2 is 1.71 bits per heavy atom. The first-order valence-corrected chi connectivity index (χ1v) is 10.5. The molecule has 0 aliphatic carbocycles. The van der Waals surface area contributed by atoms with Crippen LogP contribution in [0.2, 0.25) is 0 Å². The molecule has 1 heterocycles. The molecule has 0 radical (unpaired) electrons. The summed E-state index contributed by atoms with van der Waals surface area (Å²) in [7, 11) is 0. The first-order chi connectivity index (χ1) is 14.9. The quantitative estimate of drug-likeness (QED) is 0.450. The monoisotopic (exact) mass is 422 g/mol. The maximum Gasteiger partial charge on any atom is 0.267 e. The molecule has 0 bridgehead atoms. The third-order valence-corrected chi connectivity index (χ3v) is 5.28. The molecule has 2 N–H and O–H groups in total. The molecule has 6 nitrogen and oxygen atoms in total. The van der Waals surface area contributed by atoms with Gasteiger partial charge in [0.05, 0.1) is 6.61 Å². The van der Waals surface area contributed by atoms with Crippen LogP contribution < -0.4 is 10.3 Å². The van der Waals surface area contributed by atoms with Crippen LogP contribution in [0, 0.1) is 0 Å². The molecule has 0 aliphatic heterocycles. The van der Waals surface area contributed by atoms with Crippen molar-refractivity contribution in [1.29, 1.82) is 0 Å². The van der Waals surface area contributed by atoms with Crippen LogP contribution in [0.25, 0.3) is 0 Å². The minimum Gasteiger partial charge on any atom is -0.491 e. The van der Waals surface area contributed by atoms with E-state index in [1.807, 2.05) is 61.5 Å². The summed E-state index contributed by atoms with van der Waals surface area (Å²) < 4.78 is 12.0. The molecular formula is C25H30N2O4. The molecule has 164 valence electrons. The number of H-pyrrole nitrogens is 2. The molecule has 1 unspecified atom stereocenters. The van der Waals surface area contributed by atoms with Gasteiger partial charge in [-0.25, -0.2) is 0 Å². The number of aromatic nitrogens is 2. The number of carbonyl (C=O) groups is 1. The van der Waals surface area contributed by atoms with E-state index in [-0.39, 0.29) is 24.5 Å².